The van der Waals surface area contributed by atoms with E-state index < -0.39 is 5.97 Å². The first-order chi connectivity index (χ1) is 16.9. The zero-order valence-electron chi connectivity index (χ0n) is 20.5. The van der Waals surface area contributed by atoms with Gasteiger partial charge in [0.2, 0.25) is 5.88 Å². The van der Waals surface area contributed by atoms with Crippen molar-refractivity contribution in [3.63, 3.8) is 0 Å². The third-order valence-corrected chi connectivity index (χ3v) is 7.54. The molecule has 0 N–H and O–H groups in total. The van der Waals surface area contributed by atoms with E-state index in [4.69, 9.17) is 9.47 Å². The van der Waals surface area contributed by atoms with Crippen LogP contribution >= 0.6 is 15.9 Å². The molecule has 2 aliphatic heterocycles. The van der Waals surface area contributed by atoms with Crippen LogP contribution in [-0.4, -0.2) is 38.3 Å². The van der Waals surface area contributed by atoms with E-state index in [1.165, 1.54) is 0 Å². The molecule has 35 heavy (non-hydrogen) atoms. The van der Waals surface area contributed by atoms with Gasteiger partial charge in [-0.25, -0.2) is 14.2 Å². The van der Waals surface area contributed by atoms with Crippen molar-refractivity contribution < 1.29 is 14.3 Å². The second-order valence-electron chi connectivity index (χ2n) is 9.19. The van der Waals surface area contributed by atoms with E-state index in [2.05, 4.69) is 53.9 Å². The maximum atomic E-state index is 13.8. The zero-order valence-corrected chi connectivity index (χ0v) is 22.1. The first-order valence-corrected chi connectivity index (χ1v) is 13.2. The Balaban J connectivity index is 1.70. The summed E-state index contributed by atoms with van der Waals surface area (Å²) in [5.41, 5.74) is 5.85. The lowest BCUT2D eigenvalue weighted by atomic mass is 9.91. The van der Waals surface area contributed by atoms with Crippen LogP contribution in [0.5, 0.6) is 5.88 Å². The maximum absolute atomic E-state index is 13.8. The summed E-state index contributed by atoms with van der Waals surface area (Å²) in [5, 5.41) is 4.51. The Kier molecular flexibility index (Phi) is 6.72. The van der Waals surface area contributed by atoms with Crippen molar-refractivity contribution in [1.29, 1.82) is 0 Å². The number of carbonyl (C=O) groups is 1. The average molecular weight is 543 g/mol. The molecule has 3 aromatic rings. The molecule has 9 heteroatoms. The number of aryl methyl sites for hydroxylation is 4. The van der Waals surface area contributed by atoms with Crippen LogP contribution in [0.15, 0.2) is 21.5 Å². The molecular formula is C26H31BrN4O4. The van der Waals surface area contributed by atoms with Crippen LogP contribution < -0.4 is 10.3 Å². The number of rotatable bonds is 5. The van der Waals surface area contributed by atoms with Crippen LogP contribution in [0.2, 0.25) is 0 Å². The molecule has 0 radical (unpaired) electrons. The van der Waals surface area contributed by atoms with Crippen molar-refractivity contribution in [3.05, 3.63) is 55.0 Å². The summed E-state index contributed by atoms with van der Waals surface area (Å²) < 4.78 is 17.6. The Morgan fingerprint density at radius 1 is 1.06 bits per heavy atom. The van der Waals surface area contributed by atoms with Crippen LogP contribution in [0.4, 0.5) is 0 Å². The summed E-state index contributed by atoms with van der Waals surface area (Å²) in [6.45, 7) is 8.76. The van der Waals surface area contributed by atoms with Crippen molar-refractivity contribution in [2.45, 2.75) is 72.5 Å². The molecule has 2 aromatic heterocycles. The lowest BCUT2D eigenvalue weighted by Gasteiger charge is -2.17. The molecule has 5 rings (SSSR count). The number of hydrogen-bond acceptors (Lipinski definition) is 5. The van der Waals surface area contributed by atoms with Crippen molar-refractivity contribution in [2.24, 2.45) is 0 Å². The van der Waals surface area contributed by atoms with Gasteiger partial charge in [0.25, 0.3) is 5.56 Å². The summed E-state index contributed by atoms with van der Waals surface area (Å²) in [7, 11) is 0. The van der Waals surface area contributed by atoms with Crippen LogP contribution in [0.3, 0.4) is 0 Å². The van der Waals surface area contributed by atoms with E-state index >= 15 is 0 Å². The molecule has 0 bridgehead atoms. The van der Waals surface area contributed by atoms with Gasteiger partial charge < -0.3 is 9.47 Å². The minimum absolute atomic E-state index is 0.150. The number of hydrogen-bond donors (Lipinski definition) is 0. The molecule has 0 fully saturated rings. The van der Waals surface area contributed by atoms with E-state index in [1.807, 2.05) is 4.68 Å². The molecular weight excluding hydrogens is 512 g/mol. The number of ether oxygens (including phenoxy) is 2. The largest absolute Gasteiger partial charge is 0.403 e. The van der Waals surface area contributed by atoms with E-state index in [-0.39, 0.29) is 5.56 Å². The van der Waals surface area contributed by atoms with E-state index in [1.54, 1.807) is 9.36 Å². The fourth-order valence-electron chi connectivity index (χ4n) is 5.35. The quantitative estimate of drug-likeness (QED) is 0.449. The van der Waals surface area contributed by atoms with Crippen molar-refractivity contribution in [1.82, 2.24) is 19.1 Å². The Bertz CT molecular complexity index is 1330. The Labute approximate surface area is 212 Å². The molecule has 0 amide bonds. The van der Waals surface area contributed by atoms with Gasteiger partial charge >= 0.3 is 5.97 Å². The predicted molar refractivity (Wildman–Crippen MR) is 136 cm³/mol. The number of fused-ring (bicyclic) bond motifs is 2. The smallest absolute Gasteiger partial charge is 0.349 e. The maximum Gasteiger partial charge on any atom is 0.349 e. The third kappa shape index (κ3) is 4.18. The number of halogens is 1. The summed E-state index contributed by atoms with van der Waals surface area (Å²) in [5.74, 6) is -0.197. The van der Waals surface area contributed by atoms with Gasteiger partial charge in [-0.15, -0.1) is 0 Å². The van der Waals surface area contributed by atoms with Gasteiger partial charge in [0.05, 0.1) is 32.0 Å². The summed E-state index contributed by atoms with van der Waals surface area (Å²) in [4.78, 5) is 27.5. The molecule has 0 spiro atoms. The highest BCUT2D eigenvalue weighted by Gasteiger charge is 2.32. The first-order valence-electron chi connectivity index (χ1n) is 12.5. The fourth-order valence-corrected chi connectivity index (χ4v) is 5.94. The van der Waals surface area contributed by atoms with Crippen LogP contribution in [0.25, 0.3) is 11.1 Å². The standard InChI is InChI=1S/C26H31BrN4O4/c1-4-17-14-16(3)15-18(5-2)20(17)22-24(32)30-10-12-34-13-11-31(30)25(22)35-26(33)21-19-8-6-7-9-29(19)28-23(21)27/h14-15H,4-13H2,1-3H3. The topological polar surface area (TPSA) is 80.3 Å². The first kappa shape index (κ1) is 24.1. The summed E-state index contributed by atoms with van der Waals surface area (Å²) in [6.07, 6.45) is 4.36. The zero-order chi connectivity index (χ0) is 24.7. The summed E-state index contributed by atoms with van der Waals surface area (Å²) in [6, 6.07) is 4.25. The lowest BCUT2D eigenvalue weighted by Crippen LogP contribution is -2.24. The molecule has 0 saturated heterocycles. The second-order valence-corrected chi connectivity index (χ2v) is 9.94. The minimum atomic E-state index is -0.490. The number of esters is 1. The summed E-state index contributed by atoms with van der Waals surface area (Å²) >= 11 is 3.47. The van der Waals surface area contributed by atoms with E-state index in [9.17, 15) is 9.59 Å². The monoisotopic (exact) mass is 542 g/mol. The van der Waals surface area contributed by atoms with E-state index in [0.717, 1.165) is 66.6 Å². The van der Waals surface area contributed by atoms with Gasteiger partial charge in [-0.2, -0.15) is 5.10 Å². The Morgan fingerprint density at radius 3 is 2.43 bits per heavy atom. The van der Waals surface area contributed by atoms with Gasteiger partial charge in [-0.3, -0.25) is 9.48 Å². The molecule has 1 aromatic carbocycles. The highest BCUT2D eigenvalue weighted by atomic mass is 79.9. The molecule has 8 nitrogen and oxygen atoms in total. The predicted octanol–water partition coefficient (Wildman–Crippen LogP) is 4.29. The number of carbonyl (C=O) groups excluding carboxylic acids is 1. The minimum Gasteiger partial charge on any atom is -0.403 e. The van der Waals surface area contributed by atoms with Crippen LogP contribution in [0.1, 0.15) is 59.4 Å². The Morgan fingerprint density at radius 2 is 1.74 bits per heavy atom. The van der Waals surface area contributed by atoms with Gasteiger partial charge in [0, 0.05) is 6.54 Å². The molecule has 0 unspecified atom stereocenters. The number of aromatic nitrogens is 4. The normalized spacial score (nSPS) is 15.4. The Hall–Kier alpha value is -2.65. The molecule has 0 atom stereocenters. The lowest BCUT2D eigenvalue weighted by molar-refractivity contribution is 0.0711. The highest BCUT2D eigenvalue weighted by molar-refractivity contribution is 9.10. The van der Waals surface area contributed by atoms with Gasteiger partial charge in [-0.05, 0) is 71.6 Å². The number of nitrogens with zero attached hydrogens (tertiary/aromatic N) is 4. The SMILES string of the molecule is CCc1cc(C)cc(CC)c1-c1c(OC(=O)c2c(Br)nn3c2CCCC3)n2n(c1=O)CCOCC2. The molecule has 0 saturated carbocycles. The van der Waals surface area contributed by atoms with Crippen molar-refractivity contribution >= 4 is 21.9 Å². The molecule has 0 aliphatic carbocycles. The molecule has 4 heterocycles. The average Bonchev–Trinajstić information content (AvgIpc) is 3.17. The van der Waals surface area contributed by atoms with Gasteiger partial charge in [0.1, 0.15) is 15.7 Å². The van der Waals surface area contributed by atoms with Gasteiger partial charge in [-0.1, -0.05) is 31.5 Å². The molecule has 2 aliphatic rings. The highest BCUT2D eigenvalue weighted by Crippen LogP contribution is 2.36. The van der Waals surface area contributed by atoms with Gasteiger partial charge in [0.15, 0.2) is 0 Å². The number of benzene rings is 1. The van der Waals surface area contributed by atoms with Crippen molar-refractivity contribution in [3.8, 4) is 17.0 Å². The van der Waals surface area contributed by atoms with Crippen molar-refractivity contribution in [2.75, 3.05) is 13.2 Å². The van der Waals surface area contributed by atoms with Crippen LogP contribution in [-0.2, 0) is 43.6 Å². The third-order valence-electron chi connectivity index (χ3n) is 6.98. The van der Waals surface area contributed by atoms with E-state index in [0.29, 0.717) is 47.9 Å². The fraction of sp³-hybridized carbons (Fsp3) is 0.500. The second kappa shape index (κ2) is 9.78. The molecule has 186 valence electrons. The van der Waals surface area contributed by atoms with Crippen LogP contribution in [0, 0.1) is 6.92 Å².